The smallest absolute Gasteiger partial charge is 0.265 e. The van der Waals surface area contributed by atoms with E-state index in [1.54, 1.807) is 4.90 Å². The number of aryl methyl sites for hydroxylation is 1. The summed E-state index contributed by atoms with van der Waals surface area (Å²) in [5, 5.41) is 2.89. The second kappa shape index (κ2) is 7.82. The van der Waals surface area contributed by atoms with E-state index in [2.05, 4.69) is 12.2 Å². The number of ether oxygens (including phenoxy) is 1. The Morgan fingerprint density at radius 3 is 2.95 bits per heavy atom. The van der Waals surface area contributed by atoms with Crippen molar-refractivity contribution in [2.24, 2.45) is 0 Å². The van der Waals surface area contributed by atoms with E-state index >= 15 is 0 Å². The predicted molar refractivity (Wildman–Crippen MR) is 86.2 cm³/mol. The van der Waals surface area contributed by atoms with Crippen LogP contribution in [-0.2, 0) is 9.59 Å². The summed E-state index contributed by atoms with van der Waals surface area (Å²) in [7, 11) is 0. The van der Waals surface area contributed by atoms with E-state index in [-0.39, 0.29) is 18.4 Å². The summed E-state index contributed by atoms with van der Waals surface area (Å²) >= 11 is 0. The molecular weight excluding hydrogens is 280 g/mol. The fourth-order valence-electron chi connectivity index (χ4n) is 2.45. The summed E-state index contributed by atoms with van der Waals surface area (Å²) in [6.45, 7) is 5.42. The van der Waals surface area contributed by atoms with Gasteiger partial charge in [-0.05, 0) is 37.5 Å². The molecule has 0 radical (unpaired) electrons. The zero-order valence-electron chi connectivity index (χ0n) is 13.4. The van der Waals surface area contributed by atoms with Crippen LogP contribution >= 0.6 is 0 Å². The Bertz CT molecular complexity index is 543. The molecule has 0 aliphatic carbocycles. The molecule has 5 nitrogen and oxygen atoms in total. The van der Waals surface area contributed by atoms with Crippen molar-refractivity contribution >= 4 is 17.5 Å². The Morgan fingerprint density at radius 2 is 2.18 bits per heavy atom. The van der Waals surface area contributed by atoms with Crippen molar-refractivity contribution in [3.05, 3.63) is 23.8 Å². The van der Waals surface area contributed by atoms with Gasteiger partial charge in [0.05, 0.1) is 5.69 Å². The van der Waals surface area contributed by atoms with Gasteiger partial charge in [0, 0.05) is 19.5 Å². The van der Waals surface area contributed by atoms with Crippen molar-refractivity contribution in [3.63, 3.8) is 0 Å². The quantitative estimate of drug-likeness (QED) is 0.787. The molecule has 120 valence electrons. The van der Waals surface area contributed by atoms with Gasteiger partial charge in [0.1, 0.15) is 5.75 Å². The first-order chi connectivity index (χ1) is 10.6. The maximum absolute atomic E-state index is 12.1. The zero-order valence-corrected chi connectivity index (χ0v) is 13.4. The van der Waals surface area contributed by atoms with Crippen LogP contribution in [0.5, 0.6) is 5.75 Å². The number of amides is 2. The van der Waals surface area contributed by atoms with Crippen LogP contribution in [0.25, 0.3) is 0 Å². The van der Waals surface area contributed by atoms with Gasteiger partial charge in [0.15, 0.2) is 6.61 Å². The minimum Gasteiger partial charge on any atom is -0.482 e. The Labute approximate surface area is 131 Å². The number of unbranched alkanes of at least 4 members (excludes halogenated alkanes) is 1. The highest BCUT2D eigenvalue weighted by Gasteiger charge is 2.25. The maximum atomic E-state index is 12.1. The molecule has 0 atom stereocenters. The molecule has 0 saturated carbocycles. The highest BCUT2D eigenvalue weighted by Crippen LogP contribution is 2.32. The van der Waals surface area contributed by atoms with E-state index in [1.165, 1.54) is 0 Å². The van der Waals surface area contributed by atoms with Gasteiger partial charge in [-0.1, -0.05) is 19.4 Å². The van der Waals surface area contributed by atoms with E-state index in [0.29, 0.717) is 19.4 Å². The average Bonchev–Trinajstić information content (AvgIpc) is 2.50. The Balaban J connectivity index is 1.89. The molecule has 0 unspecified atom stereocenters. The highest BCUT2D eigenvalue weighted by molar-refractivity contribution is 5.97. The lowest BCUT2D eigenvalue weighted by atomic mass is 10.1. The molecule has 0 spiro atoms. The normalized spacial score (nSPS) is 13.5. The molecule has 0 fully saturated rings. The molecule has 1 heterocycles. The molecule has 2 rings (SSSR count). The number of carbonyl (C=O) groups excluding carboxylic acids is 2. The van der Waals surface area contributed by atoms with Gasteiger partial charge in [0.2, 0.25) is 5.91 Å². The van der Waals surface area contributed by atoms with E-state index in [1.807, 2.05) is 25.1 Å². The van der Waals surface area contributed by atoms with Gasteiger partial charge < -0.3 is 15.0 Å². The molecular formula is C17H24N2O3. The summed E-state index contributed by atoms with van der Waals surface area (Å²) in [5.41, 5.74) is 1.89. The predicted octanol–water partition coefficient (Wildman–Crippen LogP) is 2.42. The lowest BCUT2D eigenvalue weighted by molar-refractivity contribution is -0.122. The second-order valence-corrected chi connectivity index (χ2v) is 5.61. The zero-order chi connectivity index (χ0) is 15.9. The summed E-state index contributed by atoms with van der Waals surface area (Å²) in [5.74, 6) is 0.737. The first-order valence-electron chi connectivity index (χ1n) is 7.92. The Morgan fingerprint density at radius 1 is 1.36 bits per heavy atom. The largest absolute Gasteiger partial charge is 0.482 e. The van der Waals surface area contributed by atoms with Crippen LogP contribution in [0.2, 0.25) is 0 Å². The first kappa shape index (κ1) is 16.3. The van der Waals surface area contributed by atoms with Crippen LogP contribution < -0.4 is 15.0 Å². The van der Waals surface area contributed by atoms with Crippen LogP contribution in [0.1, 0.15) is 38.2 Å². The maximum Gasteiger partial charge on any atom is 0.265 e. The molecule has 1 aromatic rings. The van der Waals surface area contributed by atoms with E-state index in [4.69, 9.17) is 4.74 Å². The van der Waals surface area contributed by atoms with Crippen LogP contribution in [0.4, 0.5) is 5.69 Å². The minimum absolute atomic E-state index is 0.0514. The molecule has 0 saturated heterocycles. The Kier molecular flexibility index (Phi) is 5.81. The molecule has 0 aromatic heterocycles. The molecule has 1 aliphatic rings. The van der Waals surface area contributed by atoms with Gasteiger partial charge in [-0.3, -0.25) is 9.59 Å². The topological polar surface area (TPSA) is 58.6 Å². The number of hydrogen-bond acceptors (Lipinski definition) is 3. The first-order valence-corrected chi connectivity index (χ1v) is 7.92. The van der Waals surface area contributed by atoms with E-state index in [9.17, 15) is 9.59 Å². The molecule has 0 bridgehead atoms. The number of benzene rings is 1. The molecule has 22 heavy (non-hydrogen) atoms. The fourth-order valence-corrected chi connectivity index (χ4v) is 2.45. The second-order valence-electron chi connectivity index (χ2n) is 5.61. The molecule has 1 aromatic carbocycles. The number of rotatable bonds is 7. The summed E-state index contributed by atoms with van der Waals surface area (Å²) in [6, 6.07) is 5.81. The number of nitrogens with zero attached hydrogens (tertiary/aromatic N) is 1. The summed E-state index contributed by atoms with van der Waals surface area (Å²) in [4.78, 5) is 25.5. The molecule has 2 amide bonds. The van der Waals surface area contributed by atoms with Crippen molar-refractivity contribution in [2.75, 3.05) is 24.6 Å². The number of fused-ring (bicyclic) bond motifs is 1. The number of anilines is 1. The van der Waals surface area contributed by atoms with Crippen molar-refractivity contribution in [1.29, 1.82) is 0 Å². The number of hydrogen-bond donors (Lipinski definition) is 1. The Hall–Kier alpha value is -2.04. The van der Waals surface area contributed by atoms with Crippen LogP contribution in [0.3, 0.4) is 0 Å². The third kappa shape index (κ3) is 4.23. The van der Waals surface area contributed by atoms with Crippen molar-refractivity contribution in [1.82, 2.24) is 5.32 Å². The van der Waals surface area contributed by atoms with Crippen LogP contribution in [-0.4, -0.2) is 31.5 Å². The third-order valence-electron chi connectivity index (χ3n) is 3.70. The van der Waals surface area contributed by atoms with E-state index < -0.39 is 0 Å². The fraction of sp³-hybridized carbons (Fsp3) is 0.529. The third-order valence-corrected chi connectivity index (χ3v) is 3.70. The highest BCUT2D eigenvalue weighted by atomic mass is 16.5. The number of nitrogens with one attached hydrogen (secondary N) is 1. The van der Waals surface area contributed by atoms with Crippen molar-refractivity contribution in [2.45, 2.75) is 39.5 Å². The van der Waals surface area contributed by atoms with Crippen LogP contribution in [0, 0.1) is 6.92 Å². The number of carbonyl (C=O) groups is 2. The van der Waals surface area contributed by atoms with Gasteiger partial charge in [-0.15, -0.1) is 0 Å². The lowest BCUT2D eigenvalue weighted by Crippen LogP contribution is -2.39. The standard InChI is InChI=1S/C17H24N2O3/c1-3-4-9-18-16(20)6-5-10-19-14-11-13(2)7-8-15(14)22-12-17(19)21/h7-8,11H,3-6,9-10,12H2,1-2H3,(H,18,20). The molecule has 5 heteroatoms. The van der Waals surface area contributed by atoms with Gasteiger partial charge in [-0.25, -0.2) is 0 Å². The van der Waals surface area contributed by atoms with Gasteiger partial charge in [-0.2, -0.15) is 0 Å². The van der Waals surface area contributed by atoms with Gasteiger partial charge >= 0.3 is 0 Å². The monoisotopic (exact) mass is 304 g/mol. The van der Waals surface area contributed by atoms with Crippen molar-refractivity contribution < 1.29 is 14.3 Å². The van der Waals surface area contributed by atoms with Crippen LogP contribution in [0.15, 0.2) is 18.2 Å². The lowest BCUT2D eigenvalue weighted by Gasteiger charge is -2.29. The van der Waals surface area contributed by atoms with Gasteiger partial charge in [0.25, 0.3) is 5.91 Å². The van der Waals surface area contributed by atoms with E-state index in [0.717, 1.165) is 36.4 Å². The summed E-state index contributed by atoms with van der Waals surface area (Å²) in [6.07, 6.45) is 3.16. The summed E-state index contributed by atoms with van der Waals surface area (Å²) < 4.78 is 5.44. The minimum atomic E-state index is -0.0514. The molecule has 1 aliphatic heterocycles. The van der Waals surface area contributed by atoms with Crippen molar-refractivity contribution in [3.8, 4) is 5.75 Å². The molecule has 1 N–H and O–H groups in total. The SMILES string of the molecule is CCCCNC(=O)CCCN1C(=O)COc2ccc(C)cc21. The average molecular weight is 304 g/mol.